The van der Waals surface area contributed by atoms with Crippen LogP contribution in [0.5, 0.6) is 0 Å². The molecule has 1 atom stereocenters. The molecule has 0 fully saturated rings. The Kier molecular flexibility index (Phi) is 18.7. The van der Waals surface area contributed by atoms with Crippen LogP contribution in [0.25, 0.3) is 0 Å². The minimum absolute atomic E-state index is 0.189. The molecular formula is C20H42O4. The second-order valence-electron chi connectivity index (χ2n) is 6.46. The molecule has 0 heterocycles. The number of hydrogen-bond donors (Lipinski definition) is 0. The number of hydrogen-bond acceptors (Lipinski definition) is 4. The molecule has 24 heavy (non-hydrogen) atoms. The van der Waals surface area contributed by atoms with Crippen molar-refractivity contribution >= 4 is 0 Å². The maximum absolute atomic E-state index is 5.49. The molecule has 0 rings (SSSR count). The molecular weight excluding hydrogens is 304 g/mol. The number of allylic oxidation sites excluding steroid dienone is 1. The molecule has 0 spiro atoms. The van der Waals surface area contributed by atoms with Crippen LogP contribution < -0.4 is 0 Å². The van der Waals surface area contributed by atoms with Crippen LogP contribution >= 0.6 is 0 Å². The monoisotopic (exact) mass is 346 g/mol. The molecule has 0 saturated heterocycles. The van der Waals surface area contributed by atoms with Gasteiger partial charge >= 0.3 is 0 Å². The molecule has 0 aliphatic heterocycles. The summed E-state index contributed by atoms with van der Waals surface area (Å²) in [5.74, 6) is -0.754. The Balaban J connectivity index is 0. The van der Waals surface area contributed by atoms with Gasteiger partial charge in [0.1, 0.15) is 0 Å². The van der Waals surface area contributed by atoms with Crippen LogP contribution in [-0.2, 0) is 18.9 Å². The molecule has 0 aromatic rings. The minimum atomic E-state index is -0.943. The number of unbranched alkanes of at least 4 members (excludes halogenated alkanes) is 5. The van der Waals surface area contributed by atoms with Crippen molar-refractivity contribution < 1.29 is 18.9 Å². The van der Waals surface area contributed by atoms with E-state index in [0.717, 1.165) is 12.8 Å². The van der Waals surface area contributed by atoms with Crippen molar-refractivity contribution in [2.75, 3.05) is 35.0 Å². The van der Waals surface area contributed by atoms with Crippen molar-refractivity contribution in [2.45, 2.75) is 78.1 Å². The molecule has 0 aromatic carbocycles. The largest absolute Gasteiger partial charge is 0.385 e. The van der Waals surface area contributed by atoms with Gasteiger partial charge in [0, 0.05) is 41.0 Å². The highest BCUT2D eigenvalue weighted by molar-refractivity contribution is 4.78. The highest BCUT2D eigenvalue weighted by atomic mass is 16.9. The lowest BCUT2D eigenvalue weighted by molar-refractivity contribution is -0.381. The van der Waals surface area contributed by atoms with Crippen molar-refractivity contribution in [2.24, 2.45) is 5.92 Å². The van der Waals surface area contributed by atoms with Crippen LogP contribution in [0.15, 0.2) is 12.2 Å². The van der Waals surface area contributed by atoms with E-state index in [9.17, 15) is 0 Å². The van der Waals surface area contributed by atoms with Gasteiger partial charge in [0.15, 0.2) is 0 Å². The summed E-state index contributed by atoms with van der Waals surface area (Å²) < 4.78 is 21.7. The zero-order valence-corrected chi connectivity index (χ0v) is 17.3. The minimum Gasteiger partial charge on any atom is -0.385 e. The quantitative estimate of drug-likeness (QED) is 0.234. The number of methoxy groups -OCH3 is 4. The predicted molar refractivity (Wildman–Crippen MR) is 102 cm³/mol. The number of rotatable bonds is 14. The van der Waals surface area contributed by atoms with Crippen LogP contribution in [0.1, 0.15) is 72.1 Å². The third kappa shape index (κ3) is 12.9. The second kappa shape index (κ2) is 17.4. The van der Waals surface area contributed by atoms with Crippen LogP contribution in [0, 0.1) is 5.92 Å². The maximum Gasteiger partial charge on any atom is 0.285 e. The molecule has 0 N–H and O–H groups in total. The Morgan fingerprint density at radius 1 is 0.833 bits per heavy atom. The first-order valence-electron chi connectivity index (χ1n) is 9.20. The summed E-state index contributed by atoms with van der Waals surface area (Å²) in [5.41, 5.74) is 1.17. The zero-order valence-electron chi connectivity index (χ0n) is 17.3. The van der Waals surface area contributed by atoms with Gasteiger partial charge in [0.2, 0.25) is 0 Å². The first-order valence-corrected chi connectivity index (χ1v) is 9.20. The highest BCUT2D eigenvalue weighted by Gasteiger charge is 2.39. The Hall–Kier alpha value is -0.420. The summed E-state index contributed by atoms with van der Waals surface area (Å²) in [7, 11) is 6.62. The van der Waals surface area contributed by atoms with Gasteiger partial charge in [-0.3, -0.25) is 0 Å². The normalized spacial score (nSPS) is 12.5. The first-order chi connectivity index (χ1) is 11.4. The average molecular weight is 347 g/mol. The molecule has 0 aliphatic rings. The lowest BCUT2D eigenvalue weighted by Crippen LogP contribution is -2.44. The summed E-state index contributed by atoms with van der Waals surface area (Å²) in [6.07, 6.45) is 9.62. The van der Waals surface area contributed by atoms with E-state index in [1.54, 1.807) is 28.4 Å². The van der Waals surface area contributed by atoms with Gasteiger partial charge < -0.3 is 18.9 Å². The van der Waals surface area contributed by atoms with E-state index < -0.39 is 5.97 Å². The molecule has 4 nitrogen and oxygen atoms in total. The van der Waals surface area contributed by atoms with E-state index in [4.69, 9.17) is 18.9 Å². The fourth-order valence-corrected chi connectivity index (χ4v) is 2.68. The molecule has 1 unspecified atom stereocenters. The molecule has 0 radical (unpaired) electrons. The van der Waals surface area contributed by atoms with Gasteiger partial charge in [-0.05, 0) is 26.7 Å². The first kappa shape index (κ1) is 25.8. The molecule has 0 aliphatic carbocycles. The van der Waals surface area contributed by atoms with E-state index in [0.29, 0.717) is 6.61 Å². The Labute approximate surface area is 150 Å². The van der Waals surface area contributed by atoms with Gasteiger partial charge in [-0.1, -0.05) is 51.0 Å². The SMILES string of the molecule is C=C(C)C.CCCCCCCCC(CCOC)C(OC)(OC)OC. The van der Waals surface area contributed by atoms with Crippen LogP contribution in [0.2, 0.25) is 0 Å². The Bertz CT molecular complexity index is 263. The van der Waals surface area contributed by atoms with E-state index in [1.807, 2.05) is 13.8 Å². The fourth-order valence-electron chi connectivity index (χ4n) is 2.68. The molecule has 0 bridgehead atoms. The van der Waals surface area contributed by atoms with Crippen molar-refractivity contribution in [3.63, 3.8) is 0 Å². The Morgan fingerprint density at radius 3 is 1.71 bits per heavy atom. The summed E-state index contributed by atoms with van der Waals surface area (Å²) in [4.78, 5) is 0. The molecule has 146 valence electrons. The van der Waals surface area contributed by atoms with Crippen LogP contribution in [-0.4, -0.2) is 41.0 Å². The van der Waals surface area contributed by atoms with E-state index in [-0.39, 0.29) is 5.92 Å². The van der Waals surface area contributed by atoms with Gasteiger partial charge in [0.25, 0.3) is 5.97 Å². The molecule has 4 heteroatoms. The standard InChI is InChI=1S/C16H34O4.C4H8/c1-6-7-8-9-10-11-12-15(13-14-17-2)16(18-3,19-4)20-5;1-4(2)3/h15H,6-14H2,1-5H3;1H2,2-3H3. The molecule has 0 saturated carbocycles. The van der Waals surface area contributed by atoms with Gasteiger partial charge in [-0.25, -0.2) is 0 Å². The summed E-state index contributed by atoms with van der Waals surface area (Å²) in [6, 6.07) is 0. The third-order valence-electron chi connectivity index (χ3n) is 3.93. The third-order valence-corrected chi connectivity index (χ3v) is 3.93. The smallest absolute Gasteiger partial charge is 0.285 e. The van der Waals surface area contributed by atoms with Crippen molar-refractivity contribution in [1.29, 1.82) is 0 Å². The average Bonchev–Trinajstić information content (AvgIpc) is 2.56. The summed E-state index contributed by atoms with van der Waals surface area (Å²) in [6.45, 7) is 10.4. The lowest BCUT2D eigenvalue weighted by Gasteiger charge is -2.36. The van der Waals surface area contributed by atoms with Crippen molar-refractivity contribution in [3.05, 3.63) is 12.2 Å². The van der Waals surface area contributed by atoms with Crippen LogP contribution in [0.4, 0.5) is 0 Å². The maximum atomic E-state index is 5.49. The van der Waals surface area contributed by atoms with Gasteiger partial charge in [-0.15, -0.1) is 6.58 Å². The summed E-state index contributed by atoms with van der Waals surface area (Å²) >= 11 is 0. The van der Waals surface area contributed by atoms with E-state index in [1.165, 1.54) is 44.1 Å². The van der Waals surface area contributed by atoms with Crippen molar-refractivity contribution in [1.82, 2.24) is 0 Å². The van der Waals surface area contributed by atoms with E-state index in [2.05, 4.69) is 13.5 Å². The van der Waals surface area contributed by atoms with Gasteiger partial charge in [0.05, 0.1) is 0 Å². The predicted octanol–water partition coefficient (Wildman–Crippen LogP) is 5.57. The molecule has 0 amide bonds. The number of ether oxygens (including phenoxy) is 4. The summed E-state index contributed by atoms with van der Waals surface area (Å²) in [5, 5.41) is 0. The van der Waals surface area contributed by atoms with E-state index >= 15 is 0 Å². The van der Waals surface area contributed by atoms with Gasteiger partial charge in [-0.2, -0.15) is 0 Å². The Morgan fingerprint density at radius 2 is 1.29 bits per heavy atom. The fraction of sp³-hybridized carbons (Fsp3) is 0.900. The van der Waals surface area contributed by atoms with Crippen molar-refractivity contribution in [3.8, 4) is 0 Å². The second-order valence-corrected chi connectivity index (χ2v) is 6.46. The zero-order chi connectivity index (χ0) is 18.8. The topological polar surface area (TPSA) is 36.9 Å². The highest BCUT2D eigenvalue weighted by Crippen LogP contribution is 2.31. The molecule has 0 aromatic heterocycles. The lowest BCUT2D eigenvalue weighted by atomic mass is 9.94. The van der Waals surface area contributed by atoms with Crippen LogP contribution in [0.3, 0.4) is 0 Å².